The van der Waals surface area contributed by atoms with E-state index in [-0.39, 0.29) is 12.3 Å². The Kier molecular flexibility index (Phi) is 2.56. The molecular formula is C8H7N5O3. The normalized spacial score (nSPS) is 10.3. The van der Waals surface area contributed by atoms with Crippen molar-refractivity contribution in [2.24, 2.45) is 0 Å². The lowest BCUT2D eigenvalue weighted by molar-refractivity contribution is -0.385. The van der Waals surface area contributed by atoms with Crippen LogP contribution in [0.15, 0.2) is 24.5 Å². The molecule has 0 bridgehead atoms. The van der Waals surface area contributed by atoms with Gasteiger partial charge in [0.05, 0.1) is 17.7 Å². The second-order valence-electron chi connectivity index (χ2n) is 2.94. The quantitative estimate of drug-likeness (QED) is 0.580. The van der Waals surface area contributed by atoms with E-state index in [4.69, 9.17) is 5.11 Å². The maximum absolute atomic E-state index is 10.4. The van der Waals surface area contributed by atoms with E-state index in [2.05, 4.69) is 15.3 Å². The van der Waals surface area contributed by atoms with Crippen LogP contribution in [0.5, 0.6) is 0 Å². The van der Waals surface area contributed by atoms with Crippen LogP contribution >= 0.6 is 0 Å². The Morgan fingerprint density at radius 2 is 2.31 bits per heavy atom. The highest BCUT2D eigenvalue weighted by atomic mass is 16.6. The first kappa shape index (κ1) is 10.2. The third-order valence-corrected chi connectivity index (χ3v) is 1.88. The molecule has 8 heteroatoms. The molecule has 0 spiro atoms. The van der Waals surface area contributed by atoms with Crippen molar-refractivity contribution in [3.63, 3.8) is 0 Å². The molecule has 0 aliphatic carbocycles. The highest BCUT2D eigenvalue weighted by molar-refractivity contribution is 5.32. The minimum atomic E-state index is -0.530. The molecule has 1 N–H and O–H groups in total. The first-order valence-electron chi connectivity index (χ1n) is 4.33. The number of hydrogen-bond acceptors (Lipinski definition) is 6. The fraction of sp³-hybridized carbons (Fsp3) is 0.125. The predicted molar refractivity (Wildman–Crippen MR) is 51.7 cm³/mol. The lowest BCUT2D eigenvalue weighted by Gasteiger charge is -1.97. The monoisotopic (exact) mass is 221 g/mol. The van der Waals surface area contributed by atoms with Crippen LogP contribution in [0.1, 0.15) is 5.69 Å². The maximum Gasteiger partial charge on any atom is 0.287 e. The van der Waals surface area contributed by atoms with Gasteiger partial charge in [-0.05, 0) is 6.07 Å². The van der Waals surface area contributed by atoms with E-state index in [9.17, 15) is 10.1 Å². The molecule has 0 amide bonds. The highest BCUT2D eigenvalue weighted by Crippen LogP contribution is 2.11. The van der Waals surface area contributed by atoms with Gasteiger partial charge in [0.25, 0.3) is 5.69 Å². The first-order chi connectivity index (χ1) is 7.70. The largest absolute Gasteiger partial charge is 0.390 e. The molecule has 2 aromatic rings. The third kappa shape index (κ3) is 1.86. The summed E-state index contributed by atoms with van der Waals surface area (Å²) in [6.07, 6.45) is 2.63. The summed E-state index contributed by atoms with van der Waals surface area (Å²) in [6.45, 7) is -0.215. The molecule has 16 heavy (non-hydrogen) atoms. The Morgan fingerprint density at radius 3 is 2.81 bits per heavy atom. The molecule has 2 aromatic heterocycles. The fourth-order valence-electron chi connectivity index (χ4n) is 1.10. The number of aliphatic hydroxyl groups is 1. The summed E-state index contributed by atoms with van der Waals surface area (Å²) in [5, 5.41) is 26.5. The van der Waals surface area contributed by atoms with E-state index in [1.165, 1.54) is 23.0 Å². The van der Waals surface area contributed by atoms with Crippen LogP contribution in [-0.4, -0.2) is 30.0 Å². The Bertz CT molecular complexity index is 507. The van der Waals surface area contributed by atoms with Crippen LogP contribution in [0, 0.1) is 10.1 Å². The summed E-state index contributed by atoms with van der Waals surface area (Å²) in [5.74, 6) is 0.401. The van der Waals surface area contributed by atoms with Crippen molar-refractivity contribution >= 4 is 5.69 Å². The molecule has 0 atom stereocenters. The molecule has 0 radical (unpaired) electrons. The minimum Gasteiger partial charge on any atom is -0.390 e. The van der Waals surface area contributed by atoms with E-state index >= 15 is 0 Å². The van der Waals surface area contributed by atoms with Gasteiger partial charge in [-0.1, -0.05) is 5.21 Å². The van der Waals surface area contributed by atoms with Gasteiger partial charge < -0.3 is 5.11 Å². The average molecular weight is 221 g/mol. The molecule has 0 saturated heterocycles. The van der Waals surface area contributed by atoms with Crippen molar-refractivity contribution in [1.29, 1.82) is 0 Å². The molecule has 0 saturated carbocycles. The number of aromatic nitrogens is 4. The molecule has 2 heterocycles. The summed E-state index contributed by atoms with van der Waals surface area (Å²) in [7, 11) is 0. The molecule has 0 aromatic carbocycles. The van der Waals surface area contributed by atoms with Crippen molar-refractivity contribution in [3.8, 4) is 5.82 Å². The van der Waals surface area contributed by atoms with E-state index in [0.29, 0.717) is 11.5 Å². The summed E-state index contributed by atoms with van der Waals surface area (Å²) < 4.78 is 1.33. The predicted octanol–water partition coefficient (Wildman–Crippen LogP) is 0.0628. The summed E-state index contributed by atoms with van der Waals surface area (Å²) in [5.41, 5.74) is 0.311. The second kappa shape index (κ2) is 4.03. The van der Waals surface area contributed by atoms with Crippen molar-refractivity contribution in [3.05, 3.63) is 40.3 Å². The first-order valence-corrected chi connectivity index (χ1v) is 4.33. The van der Waals surface area contributed by atoms with Crippen LogP contribution in [0.3, 0.4) is 0 Å². The van der Waals surface area contributed by atoms with Crippen LogP contribution in [-0.2, 0) is 6.61 Å². The Balaban J connectivity index is 2.30. The Hall–Kier alpha value is -2.35. The third-order valence-electron chi connectivity index (χ3n) is 1.88. The van der Waals surface area contributed by atoms with Gasteiger partial charge in [-0.3, -0.25) is 10.1 Å². The standard InChI is InChI=1S/C8H7N5O3/c14-5-6-4-12(11-10-6)8-2-1-7(3-9-8)13(15)16/h1-4,14H,5H2. The van der Waals surface area contributed by atoms with E-state index < -0.39 is 4.92 Å². The summed E-state index contributed by atoms with van der Waals surface area (Å²) >= 11 is 0. The average Bonchev–Trinajstić information content (AvgIpc) is 2.77. The van der Waals surface area contributed by atoms with Gasteiger partial charge >= 0.3 is 0 Å². The summed E-state index contributed by atoms with van der Waals surface area (Å²) in [4.78, 5) is 13.7. The summed E-state index contributed by atoms with van der Waals surface area (Å²) in [6, 6.07) is 2.77. The van der Waals surface area contributed by atoms with Crippen LogP contribution < -0.4 is 0 Å². The molecule has 0 aliphatic rings. The number of rotatable bonds is 3. The van der Waals surface area contributed by atoms with Crippen molar-refractivity contribution in [2.75, 3.05) is 0 Å². The lowest BCUT2D eigenvalue weighted by Crippen LogP contribution is -1.99. The fourth-order valence-corrected chi connectivity index (χ4v) is 1.10. The zero-order chi connectivity index (χ0) is 11.5. The number of hydrogen-bond donors (Lipinski definition) is 1. The van der Waals surface area contributed by atoms with Gasteiger partial charge in [-0.15, -0.1) is 5.10 Å². The lowest BCUT2D eigenvalue weighted by atomic mass is 10.4. The van der Waals surface area contributed by atoms with E-state index in [1.54, 1.807) is 0 Å². The molecule has 2 rings (SSSR count). The smallest absolute Gasteiger partial charge is 0.287 e. The Labute approximate surface area is 89.3 Å². The molecule has 0 aliphatic heterocycles. The van der Waals surface area contributed by atoms with Gasteiger partial charge in [0.1, 0.15) is 11.9 Å². The van der Waals surface area contributed by atoms with Gasteiger partial charge in [-0.25, -0.2) is 9.67 Å². The molecule has 8 nitrogen and oxygen atoms in total. The molecular weight excluding hydrogens is 214 g/mol. The zero-order valence-corrected chi connectivity index (χ0v) is 8.02. The molecule has 82 valence electrons. The second-order valence-corrected chi connectivity index (χ2v) is 2.94. The number of aliphatic hydroxyl groups excluding tert-OH is 1. The van der Waals surface area contributed by atoms with Gasteiger partial charge in [0.2, 0.25) is 0 Å². The van der Waals surface area contributed by atoms with Crippen molar-refractivity contribution in [1.82, 2.24) is 20.0 Å². The van der Waals surface area contributed by atoms with Crippen molar-refractivity contribution < 1.29 is 10.0 Å². The SMILES string of the molecule is O=[N+]([O-])c1ccc(-n2cc(CO)nn2)nc1. The van der Waals surface area contributed by atoms with Crippen LogP contribution in [0.2, 0.25) is 0 Å². The number of nitrogens with zero attached hydrogens (tertiary/aromatic N) is 5. The van der Waals surface area contributed by atoms with Gasteiger partial charge in [-0.2, -0.15) is 0 Å². The topological polar surface area (TPSA) is 107 Å². The maximum atomic E-state index is 10.4. The van der Waals surface area contributed by atoms with Gasteiger partial charge in [0, 0.05) is 6.07 Å². The van der Waals surface area contributed by atoms with Crippen molar-refractivity contribution in [2.45, 2.75) is 6.61 Å². The van der Waals surface area contributed by atoms with E-state index in [1.807, 2.05) is 0 Å². The number of nitro groups is 1. The number of pyridine rings is 1. The molecule has 0 fully saturated rings. The minimum absolute atomic E-state index is 0.0914. The highest BCUT2D eigenvalue weighted by Gasteiger charge is 2.07. The zero-order valence-electron chi connectivity index (χ0n) is 8.02. The molecule has 0 unspecified atom stereocenters. The van der Waals surface area contributed by atoms with Crippen LogP contribution in [0.4, 0.5) is 5.69 Å². The van der Waals surface area contributed by atoms with E-state index in [0.717, 1.165) is 6.20 Å². The van der Waals surface area contributed by atoms with Crippen LogP contribution in [0.25, 0.3) is 5.82 Å². The Morgan fingerprint density at radius 1 is 1.50 bits per heavy atom. The van der Waals surface area contributed by atoms with Gasteiger partial charge in [0.15, 0.2) is 5.82 Å².